The Labute approximate surface area is 114 Å². The zero-order valence-corrected chi connectivity index (χ0v) is 11.6. The summed E-state index contributed by atoms with van der Waals surface area (Å²) in [5.41, 5.74) is 0. The normalized spacial score (nSPS) is 18.1. The maximum Gasteiger partial charge on any atom is 0.179 e. The lowest BCUT2D eigenvalue weighted by Gasteiger charge is -2.28. The van der Waals surface area contributed by atoms with E-state index in [1.54, 1.807) is 24.3 Å². The van der Waals surface area contributed by atoms with Crippen molar-refractivity contribution in [3.05, 3.63) is 30.3 Å². The fraction of sp³-hybridized carbons (Fsp3) is 0.500. The van der Waals surface area contributed by atoms with Crippen molar-refractivity contribution in [1.82, 2.24) is 4.90 Å². The second kappa shape index (κ2) is 6.18. The van der Waals surface area contributed by atoms with E-state index in [0.717, 1.165) is 25.9 Å². The zero-order chi connectivity index (χ0) is 13.7. The number of piperidine rings is 1. The van der Waals surface area contributed by atoms with Crippen LogP contribution < -0.4 is 0 Å². The molecule has 0 unspecified atom stereocenters. The van der Waals surface area contributed by atoms with E-state index in [9.17, 15) is 8.42 Å². The molecule has 1 aromatic carbocycles. The van der Waals surface area contributed by atoms with Crippen molar-refractivity contribution in [2.45, 2.75) is 17.7 Å². The molecule has 1 aliphatic heterocycles. The van der Waals surface area contributed by atoms with Crippen LogP contribution in [-0.4, -0.2) is 38.7 Å². The van der Waals surface area contributed by atoms with E-state index in [1.165, 1.54) is 0 Å². The highest BCUT2D eigenvalue weighted by molar-refractivity contribution is 7.91. The molecule has 5 heteroatoms. The van der Waals surface area contributed by atoms with E-state index in [-0.39, 0.29) is 11.7 Å². The number of nitrogens with zero attached hydrogens (tertiary/aromatic N) is 2. The van der Waals surface area contributed by atoms with E-state index < -0.39 is 9.84 Å². The standard InChI is InChI=1S/C14H18N2O2S/c15-12-13-6-8-16(9-7-13)10-11-19(17,18)14-4-2-1-3-5-14/h1-5,13H,6-11H2. The second-order valence-corrected chi connectivity index (χ2v) is 6.99. The van der Waals surface area contributed by atoms with E-state index in [2.05, 4.69) is 11.0 Å². The topological polar surface area (TPSA) is 61.2 Å². The van der Waals surface area contributed by atoms with Crippen molar-refractivity contribution < 1.29 is 8.42 Å². The Morgan fingerprint density at radius 3 is 2.42 bits per heavy atom. The van der Waals surface area contributed by atoms with Gasteiger partial charge in [0.25, 0.3) is 0 Å². The van der Waals surface area contributed by atoms with Crippen LogP contribution in [0.15, 0.2) is 35.2 Å². The van der Waals surface area contributed by atoms with Crippen LogP contribution in [0.25, 0.3) is 0 Å². The van der Waals surface area contributed by atoms with Crippen molar-refractivity contribution in [2.75, 3.05) is 25.4 Å². The summed E-state index contributed by atoms with van der Waals surface area (Å²) < 4.78 is 24.2. The average Bonchev–Trinajstić information content (AvgIpc) is 2.47. The van der Waals surface area contributed by atoms with Gasteiger partial charge in [0.05, 0.1) is 16.7 Å². The predicted octanol–water partition coefficient (Wildman–Crippen LogP) is 1.70. The minimum absolute atomic E-state index is 0.141. The van der Waals surface area contributed by atoms with Crippen LogP contribution in [0.2, 0.25) is 0 Å². The first-order valence-corrected chi connectivity index (χ1v) is 8.17. The molecule has 0 bridgehead atoms. The Hall–Kier alpha value is -1.38. The molecule has 1 aliphatic rings. The maximum atomic E-state index is 12.1. The molecule has 0 amide bonds. The summed E-state index contributed by atoms with van der Waals surface area (Å²) >= 11 is 0. The van der Waals surface area contributed by atoms with Crippen LogP contribution in [0.4, 0.5) is 0 Å². The van der Waals surface area contributed by atoms with Crippen LogP contribution in [0, 0.1) is 17.2 Å². The lowest BCUT2D eigenvalue weighted by Crippen LogP contribution is -2.36. The third-order valence-electron chi connectivity index (χ3n) is 3.55. The summed E-state index contributed by atoms with van der Waals surface area (Å²) in [6, 6.07) is 10.8. The molecular formula is C14H18N2O2S. The van der Waals surface area contributed by atoms with Crippen molar-refractivity contribution in [1.29, 1.82) is 5.26 Å². The smallest absolute Gasteiger partial charge is 0.179 e. The van der Waals surface area contributed by atoms with Crippen molar-refractivity contribution in [3.8, 4) is 6.07 Å². The van der Waals surface area contributed by atoms with Crippen LogP contribution in [0.3, 0.4) is 0 Å². The van der Waals surface area contributed by atoms with Gasteiger partial charge in [-0.1, -0.05) is 18.2 Å². The first-order valence-electron chi connectivity index (χ1n) is 6.51. The van der Waals surface area contributed by atoms with E-state index in [4.69, 9.17) is 5.26 Å². The van der Waals surface area contributed by atoms with Gasteiger partial charge in [-0.15, -0.1) is 0 Å². The van der Waals surface area contributed by atoms with E-state index in [1.807, 2.05) is 6.07 Å². The lowest BCUT2D eigenvalue weighted by molar-refractivity contribution is 0.216. The molecule has 1 heterocycles. The first-order chi connectivity index (χ1) is 9.12. The van der Waals surface area contributed by atoms with Crippen LogP contribution in [0.1, 0.15) is 12.8 Å². The molecular weight excluding hydrogens is 260 g/mol. The molecule has 0 spiro atoms. The van der Waals surface area contributed by atoms with Gasteiger partial charge in [0.15, 0.2) is 9.84 Å². The predicted molar refractivity (Wildman–Crippen MR) is 73.3 cm³/mol. The maximum absolute atomic E-state index is 12.1. The first kappa shape index (κ1) is 14.0. The summed E-state index contributed by atoms with van der Waals surface area (Å²) in [5.74, 6) is 0.288. The highest BCUT2D eigenvalue weighted by Crippen LogP contribution is 2.17. The highest BCUT2D eigenvalue weighted by atomic mass is 32.2. The molecule has 0 radical (unpaired) electrons. The number of sulfone groups is 1. The van der Waals surface area contributed by atoms with Crippen molar-refractivity contribution >= 4 is 9.84 Å². The fourth-order valence-corrected chi connectivity index (χ4v) is 3.59. The minimum Gasteiger partial charge on any atom is -0.302 e. The third kappa shape index (κ3) is 3.79. The molecule has 102 valence electrons. The van der Waals surface area contributed by atoms with Gasteiger partial charge in [-0.25, -0.2) is 8.42 Å². The summed E-state index contributed by atoms with van der Waals surface area (Å²) in [7, 11) is -3.19. The van der Waals surface area contributed by atoms with Gasteiger partial charge in [0.2, 0.25) is 0 Å². The van der Waals surface area contributed by atoms with Crippen LogP contribution in [0.5, 0.6) is 0 Å². The molecule has 1 aromatic rings. The number of hydrogen-bond donors (Lipinski definition) is 0. The molecule has 4 nitrogen and oxygen atoms in total. The van der Waals surface area contributed by atoms with Gasteiger partial charge in [0, 0.05) is 12.5 Å². The minimum atomic E-state index is -3.19. The molecule has 0 atom stereocenters. The summed E-state index contributed by atoms with van der Waals surface area (Å²) in [6.07, 6.45) is 1.70. The monoisotopic (exact) mass is 278 g/mol. The molecule has 2 rings (SSSR count). The fourth-order valence-electron chi connectivity index (χ4n) is 2.28. The SMILES string of the molecule is N#CC1CCN(CCS(=O)(=O)c2ccccc2)CC1. The second-order valence-electron chi connectivity index (χ2n) is 4.88. The van der Waals surface area contributed by atoms with Gasteiger partial charge >= 0.3 is 0 Å². The number of nitriles is 1. The van der Waals surface area contributed by atoms with Gasteiger partial charge in [-0.2, -0.15) is 5.26 Å². The quantitative estimate of drug-likeness (QED) is 0.841. The molecule has 1 fully saturated rings. The molecule has 0 aromatic heterocycles. The zero-order valence-electron chi connectivity index (χ0n) is 10.8. The largest absolute Gasteiger partial charge is 0.302 e. The Kier molecular flexibility index (Phi) is 4.56. The third-order valence-corrected chi connectivity index (χ3v) is 5.26. The number of rotatable bonds is 4. The number of hydrogen-bond acceptors (Lipinski definition) is 4. The van der Waals surface area contributed by atoms with Crippen molar-refractivity contribution in [3.63, 3.8) is 0 Å². The van der Waals surface area contributed by atoms with Gasteiger partial charge in [-0.05, 0) is 38.1 Å². The summed E-state index contributed by atoms with van der Waals surface area (Å²) in [6.45, 7) is 2.19. The Morgan fingerprint density at radius 2 is 1.84 bits per heavy atom. The Bertz CT molecular complexity index is 541. The van der Waals surface area contributed by atoms with E-state index in [0.29, 0.717) is 11.4 Å². The summed E-state index contributed by atoms with van der Waals surface area (Å²) in [4.78, 5) is 2.52. The molecule has 0 saturated carbocycles. The number of benzene rings is 1. The lowest BCUT2D eigenvalue weighted by atomic mass is 9.99. The molecule has 0 N–H and O–H groups in total. The van der Waals surface area contributed by atoms with Gasteiger partial charge in [-0.3, -0.25) is 0 Å². The van der Waals surface area contributed by atoms with Crippen LogP contribution in [-0.2, 0) is 9.84 Å². The van der Waals surface area contributed by atoms with Crippen LogP contribution >= 0.6 is 0 Å². The Balaban J connectivity index is 1.88. The molecule has 19 heavy (non-hydrogen) atoms. The average molecular weight is 278 g/mol. The van der Waals surface area contributed by atoms with Gasteiger partial charge in [0.1, 0.15) is 0 Å². The summed E-state index contributed by atoms with van der Waals surface area (Å²) in [5, 5.41) is 8.82. The highest BCUT2D eigenvalue weighted by Gasteiger charge is 2.21. The van der Waals surface area contributed by atoms with Crippen molar-refractivity contribution in [2.24, 2.45) is 5.92 Å². The molecule has 1 saturated heterocycles. The number of likely N-dealkylation sites (tertiary alicyclic amines) is 1. The van der Waals surface area contributed by atoms with Gasteiger partial charge < -0.3 is 4.90 Å². The van der Waals surface area contributed by atoms with E-state index >= 15 is 0 Å². The Morgan fingerprint density at radius 1 is 1.21 bits per heavy atom. The molecule has 0 aliphatic carbocycles.